The lowest BCUT2D eigenvalue weighted by Gasteiger charge is -2.06. The number of hydrogen-bond acceptors (Lipinski definition) is 3. The Morgan fingerprint density at radius 1 is 1.11 bits per heavy atom. The zero-order chi connectivity index (χ0) is 13.2. The number of nitrogens with one attached hydrogen (secondary N) is 1. The second-order valence-corrected chi connectivity index (χ2v) is 5.75. The number of pyridine rings is 1. The van der Waals surface area contributed by atoms with E-state index < -0.39 is 10.0 Å². The Balaban J connectivity index is 2.43. The van der Waals surface area contributed by atoms with Crippen LogP contribution >= 0.6 is 0 Å². The van der Waals surface area contributed by atoms with E-state index in [0.717, 1.165) is 16.8 Å². The lowest BCUT2D eigenvalue weighted by Crippen LogP contribution is -2.18. The number of nitrogens with zero attached hydrogens (tertiary/aromatic N) is 1. The van der Waals surface area contributed by atoms with Gasteiger partial charge in [-0.3, -0.25) is 4.98 Å². The average molecular weight is 262 g/mol. The quantitative estimate of drug-likeness (QED) is 0.920. The predicted octanol–water partition coefficient (Wildman–Crippen LogP) is 1.97. The van der Waals surface area contributed by atoms with E-state index in [4.69, 9.17) is 0 Å². The van der Waals surface area contributed by atoms with Gasteiger partial charge in [0.2, 0.25) is 10.0 Å². The molecule has 0 aliphatic heterocycles. The van der Waals surface area contributed by atoms with Crippen molar-refractivity contribution in [3.8, 4) is 11.1 Å². The van der Waals surface area contributed by atoms with Crippen LogP contribution in [0, 0.1) is 6.92 Å². The van der Waals surface area contributed by atoms with Crippen LogP contribution in [0.4, 0.5) is 0 Å². The van der Waals surface area contributed by atoms with Crippen LogP contribution in [0.25, 0.3) is 11.1 Å². The van der Waals surface area contributed by atoms with E-state index >= 15 is 0 Å². The van der Waals surface area contributed by atoms with Crippen LogP contribution in [0.2, 0.25) is 0 Å². The Morgan fingerprint density at radius 3 is 2.33 bits per heavy atom. The van der Waals surface area contributed by atoms with Crippen LogP contribution in [0.15, 0.2) is 47.5 Å². The summed E-state index contributed by atoms with van der Waals surface area (Å²) in [5, 5.41) is 0. The van der Waals surface area contributed by atoms with Gasteiger partial charge in [0, 0.05) is 17.5 Å². The summed E-state index contributed by atoms with van der Waals surface area (Å²) >= 11 is 0. The van der Waals surface area contributed by atoms with E-state index in [1.54, 1.807) is 30.5 Å². The molecule has 0 unspecified atom stereocenters. The fourth-order valence-electron chi connectivity index (χ4n) is 1.72. The van der Waals surface area contributed by atoms with Crippen LogP contribution in [-0.2, 0) is 10.0 Å². The highest BCUT2D eigenvalue weighted by Gasteiger charge is 2.11. The van der Waals surface area contributed by atoms with Crippen molar-refractivity contribution in [3.05, 3.63) is 48.3 Å². The first-order chi connectivity index (χ1) is 8.54. The van der Waals surface area contributed by atoms with E-state index in [9.17, 15) is 8.42 Å². The smallest absolute Gasteiger partial charge is 0.240 e. The summed E-state index contributed by atoms with van der Waals surface area (Å²) in [5.41, 5.74) is 2.88. The number of benzene rings is 1. The molecular formula is C13H14N2O2S. The first-order valence-corrected chi connectivity index (χ1v) is 6.98. The Kier molecular flexibility index (Phi) is 3.45. The predicted molar refractivity (Wildman–Crippen MR) is 70.7 cm³/mol. The highest BCUT2D eigenvalue weighted by molar-refractivity contribution is 7.89. The number of rotatable bonds is 3. The van der Waals surface area contributed by atoms with Crippen LogP contribution in [0.1, 0.15) is 5.69 Å². The maximum absolute atomic E-state index is 11.6. The SMILES string of the molecule is CNS(=O)(=O)c1ccc(-c2cccnc2C)cc1. The van der Waals surface area contributed by atoms with Crippen molar-refractivity contribution in [3.63, 3.8) is 0 Å². The van der Waals surface area contributed by atoms with E-state index in [1.807, 2.05) is 19.1 Å². The molecule has 0 radical (unpaired) electrons. The Morgan fingerprint density at radius 2 is 1.78 bits per heavy atom. The van der Waals surface area contributed by atoms with Crippen molar-refractivity contribution in [1.29, 1.82) is 0 Å². The first-order valence-electron chi connectivity index (χ1n) is 5.50. The maximum atomic E-state index is 11.6. The molecule has 0 saturated carbocycles. The normalized spacial score (nSPS) is 11.4. The van der Waals surface area contributed by atoms with Gasteiger partial charge in [-0.25, -0.2) is 13.1 Å². The third kappa shape index (κ3) is 2.42. The largest absolute Gasteiger partial charge is 0.261 e. The minimum atomic E-state index is -3.37. The monoisotopic (exact) mass is 262 g/mol. The molecular weight excluding hydrogens is 248 g/mol. The van der Waals surface area contributed by atoms with Crippen LogP contribution in [0.3, 0.4) is 0 Å². The molecule has 0 bridgehead atoms. The summed E-state index contributed by atoms with van der Waals surface area (Å²) in [5.74, 6) is 0. The van der Waals surface area contributed by atoms with Gasteiger partial charge in [0.05, 0.1) is 4.90 Å². The fourth-order valence-corrected chi connectivity index (χ4v) is 2.45. The molecule has 94 valence electrons. The molecule has 0 fully saturated rings. The molecule has 1 aromatic heterocycles. The molecule has 4 nitrogen and oxygen atoms in total. The van der Waals surface area contributed by atoms with E-state index in [2.05, 4.69) is 9.71 Å². The average Bonchev–Trinajstić information content (AvgIpc) is 2.39. The molecule has 0 aliphatic rings. The molecule has 1 N–H and O–H groups in total. The maximum Gasteiger partial charge on any atom is 0.240 e. The summed E-state index contributed by atoms with van der Waals surface area (Å²) in [6.07, 6.45) is 1.73. The topological polar surface area (TPSA) is 59.1 Å². The molecule has 2 aromatic rings. The summed E-state index contributed by atoms with van der Waals surface area (Å²) in [7, 11) is -1.98. The summed E-state index contributed by atoms with van der Waals surface area (Å²) in [6.45, 7) is 1.92. The van der Waals surface area contributed by atoms with Crippen molar-refractivity contribution in [1.82, 2.24) is 9.71 Å². The number of aryl methyl sites for hydroxylation is 1. The summed E-state index contributed by atoms with van der Waals surface area (Å²) < 4.78 is 25.5. The van der Waals surface area contributed by atoms with E-state index in [1.165, 1.54) is 7.05 Å². The lowest BCUT2D eigenvalue weighted by molar-refractivity contribution is 0.588. The van der Waals surface area contributed by atoms with E-state index in [-0.39, 0.29) is 4.90 Å². The highest BCUT2D eigenvalue weighted by Crippen LogP contribution is 2.22. The van der Waals surface area contributed by atoms with Gasteiger partial charge in [-0.2, -0.15) is 0 Å². The first kappa shape index (κ1) is 12.7. The second-order valence-electron chi connectivity index (χ2n) is 3.87. The third-order valence-corrected chi connectivity index (χ3v) is 4.18. The molecule has 0 amide bonds. The molecule has 0 atom stereocenters. The minimum absolute atomic E-state index is 0.260. The van der Waals surface area contributed by atoms with Crippen molar-refractivity contribution >= 4 is 10.0 Å². The van der Waals surface area contributed by atoms with Crippen molar-refractivity contribution in [2.45, 2.75) is 11.8 Å². The Bertz CT molecular complexity index is 649. The minimum Gasteiger partial charge on any atom is -0.261 e. The van der Waals surface area contributed by atoms with Gasteiger partial charge in [-0.15, -0.1) is 0 Å². The molecule has 0 aliphatic carbocycles. The van der Waals surface area contributed by atoms with Crippen molar-refractivity contribution < 1.29 is 8.42 Å². The number of sulfonamides is 1. The van der Waals surface area contributed by atoms with Gasteiger partial charge in [-0.1, -0.05) is 18.2 Å². The number of hydrogen-bond donors (Lipinski definition) is 1. The fraction of sp³-hybridized carbons (Fsp3) is 0.154. The Hall–Kier alpha value is -1.72. The Labute approximate surface area is 107 Å². The molecule has 1 aromatic carbocycles. The number of aromatic nitrogens is 1. The van der Waals surface area contributed by atoms with Gasteiger partial charge in [-0.05, 0) is 37.7 Å². The molecule has 5 heteroatoms. The summed E-state index contributed by atoms with van der Waals surface area (Å²) in [4.78, 5) is 4.47. The molecule has 0 spiro atoms. The standard InChI is InChI=1S/C13H14N2O2S/c1-10-13(4-3-9-15-10)11-5-7-12(8-6-11)18(16,17)14-2/h3-9,14H,1-2H3. The second kappa shape index (κ2) is 4.88. The van der Waals surface area contributed by atoms with Gasteiger partial charge in [0.1, 0.15) is 0 Å². The lowest BCUT2D eigenvalue weighted by atomic mass is 10.1. The van der Waals surface area contributed by atoms with E-state index in [0.29, 0.717) is 0 Å². The van der Waals surface area contributed by atoms with Crippen LogP contribution in [0.5, 0.6) is 0 Å². The van der Waals surface area contributed by atoms with Gasteiger partial charge < -0.3 is 0 Å². The third-order valence-electron chi connectivity index (χ3n) is 2.75. The van der Waals surface area contributed by atoms with Crippen molar-refractivity contribution in [2.75, 3.05) is 7.05 Å². The molecule has 0 saturated heterocycles. The van der Waals surface area contributed by atoms with Crippen molar-refractivity contribution in [2.24, 2.45) is 0 Å². The molecule has 18 heavy (non-hydrogen) atoms. The zero-order valence-corrected chi connectivity index (χ0v) is 11.0. The molecule has 2 rings (SSSR count). The van der Waals surface area contributed by atoms with Gasteiger partial charge >= 0.3 is 0 Å². The highest BCUT2D eigenvalue weighted by atomic mass is 32.2. The molecule has 1 heterocycles. The van der Waals surface area contributed by atoms with Crippen LogP contribution in [-0.4, -0.2) is 20.4 Å². The van der Waals surface area contributed by atoms with Gasteiger partial charge in [0.15, 0.2) is 0 Å². The zero-order valence-electron chi connectivity index (χ0n) is 10.2. The van der Waals surface area contributed by atoms with Crippen LogP contribution < -0.4 is 4.72 Å². The summed E-state index contributed by atoms with van der Waals surface area (Å²) in [6, 6.07) is 10.6. The van der Waals surface area contributed by atoms with Gasteiger partial charge in [0.25, 0.3) is 0 Å².